The Balaban J connectivity index is 2.09. The third-order valence-electron chi connectivity index (χ3n) is 3.87. The molecular weight excluding hydrogens is 282 g/mol. The summed E-state index contributed by atoms with van der Waals surface area (Å²) in [5.74, 6) is 0.543. The van der Waals surface area contributed by atoms with Crippen LogP contribution in [0.4, 0.5) is 5.69 Å². The third-order valence-corrected chi connectivity index (χ3v) is 4.15. The highest BCUT2D eigenvalue weighted by Gasteiger charge is 2.27. The minimum atomic E-state index is -0.678. The van der Waals surface area contributed by atoms with Crippen molar-refractivity contribution in [3.8, 4) is 0 Å². The van der Waals surface area contributed by atoms with Crippen molar-refractivity contribution < 1.29 is 9.72 Å². The molecule has 0 aliphatic heterocycles. The van der Waals surface area contributed by atoms with Gasteiger partial charge in [0.2, 0.25) is 5.15 Å². The molecule has 1 aromatic heterocycles. The molecule has 1 aromatic rings. The summed E-state index contributed by atoms with van der Waals surface area (Å²) in [6.07, 6.45) is 4.72. The smallest absolute Gasteiger partial charge is 0.319 e. The number of carbonyl (C=O) groups is 1. The van der Waals surface area contributed by atoms with Gasteiger partial charge in [0.05, 0.1) is 4.92 Å². The molecular formula is C13H16ClN3O3. The fourth-order valence-corrected chi connectivity index (χ4v) is 2.86. The molecule has 0 radical (unpaired) electrons. The van der Waals surface area contributed by atoms with Crippen LogP contribution in [0.5, 0.6) is 0 Å². The summed E-state index contributed by atoms with van der Waals surface area (Å²) >= 11 is 5.69. The first-order valence-electron chi connectivity index (χ1n) is 6.57. The molecule has 1 fully saturated rings. The van der Waals surface area contributed by atoms with Crippen molar-refractivity contribution in [2.75, 3.05) is 6.54 Å². The number of rotatable bonds is 4. The molecule has 1 aliphatic rings. The minimum absolute atomic E-state index is 0.0411. The lowest BCUT2D eigenvalue weighted by Gasteiger charge is -2.15. The minimum Gasteiger partial charge on any atom is -0.352 e. The zero-order chi connectivity index (χ0) is 14.7. The third kappa shape index (κ3) is 3.07. The van der Waals surface area contributed by atoms with Crippen LogP contribution in [0.3, 0.4) is 0 Å². The lowest BCUT2D eigenvalue weighted by molar-refractivity contribution is -0.385. The van der Waals surface area contributed by atoms with Gasteiger partial charge in [0.1, 0.15) is 5.56 Å². The van der Waals surface area contributed by atoms with E-state index in [1.54, 1.807) is 0 Å². The molecule has 1 N–H and O–H groups in total. The van der Waals surface area contributed by atoms with E-state index in [4.69, 9.17) is 11.6 Å². The zero-order valence-electron chi connectivity index (χ0n) is 11.1. The Hall–Kier alpha value is -1.69. The summed E-state index contributed by atoms with van der Waals surface area (Å²) < 4.78 is 0. The van der Waals surface area contributed by atoms with E-state index in [0.29, 0.717) is 18.4 Å². The van der Waals surface area contributed by atoms with E-state index < -0.39 is 16.5 Å². The summed E-state index contributed by atoms with van der Waals surface area (Å²) in [4.78, 5) is 26.0. The zero-order valence-corrected chi connectivity index (χ0v) is 11.9. The number of hydrogen-bond donors (Lipinski definition) is 1. The summed E-state index contributed by atoms with van der Waals surface area (Å²) in [6.45, 7) is 2.70. The lowest BCUT2D eigenvalue weighted by Crippen LogP contribution is -2.30. The number of nitrogens with zero attached hydrogens (tertiary/aromatic N) is 2. The second kappa shape index (κ2) is 6.17. The molecule has 2 unspecified atom stereocenters. The van der Waals surface area contributed by atoms with E-state index in [2.05, 4.69) is 17.2 Å². The van der Waals surface area contributed by atoms with E-state index in [1.165, 1.54) is 25.1 Å². The van der Waals surface area contributed by atoms with Crippen LogP contribution in [-0.2, 0) is 0 Å². The second-order valence-corrected chi connectivity index (χ2v) is 5.49. The van der Waals surface area contributed by atoms with Gasteiger partial charge in [-0.25, -0.2) is 4.98 Å². The number of nitrogens with one attached hydrogen (secondary N) is 1. The summed E-state index contributed by atoms with van der Waals surface area (Å²) in [5, 5.41) is 13.5. The van der Waals surface area contributed by atoms with Gasteiger partial charge in [-0.2, -0.15) is 0 Å². The topological polar surface area (TPSA) is 85.1 Å². The first-order chi connectivity index (χ1) is 9.50. The van der Waals surface area contributed by atoms with Gasteiger partial charge in [-0.15, -0.1) is 0 Å². The Labute approximate surface area is 121 Å². The van der Waals surface area contributed by atoms with E-state index in [1.807, 2.05) is 0 Å². The number of pyridine rings is 1. The normalized spacial score (nSPS) is 21.7. The summed E-state index contributed by atoms with van der Waals surface area (Å²) in [7, 11) is 0. The average Bonchev–Trinajstić information content (AvgIpc) is 2.80. The van der Waals surface area contributed by atoms with Gasteiger partial charge in [-0.05, 0) is 24.3 Å². The molecule has 6 nitrogen and oxygen atoms in total. The van der Waals surface area contributed by atoms with Gasteiger partial charge >= 0.3 is 5.69 Å². The van der Waals surface area contributed by atoms with Gasteiger partial charge in [0, 0.05) is 12.7 Å². The van der Waals surface area contributed by atoms with Crippen molar-refractivity contribution in [1.29, 1.82) is 0 Å². The molecule has 0 spiro atoms. The Bertz CT molecular complexity index is 536. The Kier molecular flexibility index (Phi) is 4.54. The molecule has 0 aromatic carbocycles. The van der Waals surface area contributed by atoms with Crippen molar-refractivity contribution in [2.24, 2.45) is 11.8 Å². The van der Waals surface area contributed by atoms with E-state index >= 15 is 0 Å². The molecule has 2 atom stereocenters. The fraction of sp³-hybridized carbons (Fsp3) is 0.538. The predicted molar refractivity (Wildman–Crippen MR) is 74.7 cm³/mol. The fourth-order valence-electron chi connectivity index (χ4n) is 2.63. The highest BCUT2D eigenvalue weighted by molar-refractivity contribution is 6.32. The summed E-state index contributed by atoms with van der Waals surface area (Å²) in [5.41, 5.74) is -0.480. The quantitative estimate of drug-likeness (QED) is 0.526. The molecule has 1 heterocycles. The molecule has 20 heavy (non-hydrogen) atoms. The Morgan fingerprint density at radius 2 is 2.35 bits per heavy atom. The lowest BCUT2D eigenvalue weighted by atomic mass is 9.98. The Morgan fingerprint density at radius 1 is 1.60 bits per heavy atom. The largest absolute Gasteiger partial charge is 0.352 e. The maximum absolute atomic E-state index is 12.1. The van der Waals surface area contributed by atoms with Crippen LogP contribution in [0, 0.1) is 22.0 Å². The molecule has 0 saturated heterocycles. The molecule has 7 heteroatoms. The molecule has 0 bridgehead atoms. The monoisotopic (exact) mass is 297 g/mol. The van der Waals surface area contributed by atoms with Crippen LogP contribution in [0.15, 0.2) is 12.3 Å². The average molecular weight is 298 g/mol. The van der Waals surface area contributed by atoms with Crippen molar-refractivity contribution in [2.45, 2.75) is 26.2 Å². The molecule has 1 amide bonds. The van der Waals surface area contributed by atoms with Crippen LogP contribution in [-0.4, -0.2) is 22.4 Å². The number of carbonyl (C=O) groups excluding carboxylic acids is 1. The van der Waals surface area contributed by atoms with Crippen LogP contribution in [0.2, 0.25) is 5.15 Å². The molecule has 2 rings (SSSR count). The van der Waals surface area contributed by atoms with Crippen LogP contribution < -0.4 is 5.32 Å². The first kappa shape index (κ1) is 14.7. The SMILES string of the molecule is CC1CCCC1CNC(=O)c1ccnc(Cl)c1[N+](=O)[O-]. The van der Waals surface area contributed by atoms with Gasteiger partial charge in [0.25, 0.3) is 5.91 Å². The first-order valence-corrected chi connectivity index (χ1v) is 6.95. The van der Waals surface area contributed by atoms with Crippen molar-refractivity contribution in [1.82, 2.24) is 10.3 Å². The number of amides is 1. The number of aromatic nitrogens is 1. The Morgan fingerprint density at radius 3 is 2.95 bits per heavy atom. The molecule has 1 aliphatic carbocycles. The van der Waals surface area contributed by atoms with Gasteiger partial charge < -0.3 is 5.32 Å². The number of halogens is 1. The molecule has 1 saturated carbocycles. The predicted octanol–water partition coefficient (Wildman–Crippen LogP) is 2.81. The maximum atomic E-state index is 12.1. The van der Waals surface area contributed by atoms with Gasteiger partial charge in [-0.3, -0.25) is 14.9 Å². The van der Waals surface area contributed by atoms with E-state index in [0.717, 1.165) is 6.42 Å². The van der Waals surface area contributed by atoms with Crippen molar-refractivity contribution in [3.63, 3.8) is 0 Å². The summed E-state index contributed by atoms with van der Waals surface area (Å²) in [6, 6.07) is 1.32. The molecule has 108 valence electrons. The van der Waals surface area contributed by atoms with Crippen molar-refractivity contribution in [3.05, 3.63) is 33.1 Å². The van der Waals surface area contributed by atoms with Crippen LogP contribution in [0.1, 0.15) is 36.5 Å². The van der Waals surface area contributed by atoms with Crippen molar-refractivity contribution >= 4 is 23.2 Å². The number of hydrogen-bond acceptors (Lipinski definition) is 4. The number of nitro groups is 1. The standard InChI is InChI=1S/C13H16ClN3O3/c1-8-3-2-4-9(8)7-16-13(18)10-5-6-15-12(14)11(10)17(19)20/h5-6,8-9H,2-4,7H2,1H3,(H,16,18). The van der Waals surface area contributed by atoms with Gasteiger partial charge in [-0.1, -0.05) is 31.4 Å². The second-order valence-electron chi connectivity index (χ2n) is 5.13. The highest BCUT2D eigenvalue weighted by Crippen LogP contribution is 2.31. The van der Waals surface area contributed by atoms with Gasteiger partial charge in [0.15, 0.2) is 0 Å². The van der Waals surface area contributed by atoms with Crippen LogP contribution >= 0.6 is 11.6 Å². The maximum Gasteiger partial charge on any atom is 0.319 e. The highest BCUT2D eigenvalue weighted by atomic mass is 35.5. The van der Waals surface area contributed by atoms with Crippen LogP contribution in [0.25, 0.3) is 0 Å². The van der Waals surface area contributed by atoms with E-state index in [-0.39, 0.29) is 10.7 Å². The van der Waals surface area contributed by atoms with E-state index in [9.17, 15) is 14.9 Å².